The molecule has 0 spiro atoms. The molecular weight excluding hydrogens is 218 g/mol. The number of rotatable bonds is 5. The lowest BCUT2D eigenvalue weighted by atomic mass is 10.2. The summed E-state index contributed by atoms with van der Waals surface area (Å²) in [6.45, 7) is 2.91. The summed E-state index contributed by atoms with van der Waals surface area (Å²) < 4.78 is 4.06. The highest BCUT2D eigenvalue weighted by Crippen LogP contribution is 2.34. The Labute approximate surface area is 92.1 Å². The summed E-state index contributed by atoms with van der Waals surface area (Å²) in [5.41, 5.74) is 5.68. The van der Waals surface area contributed by atoms with Crippen molar-refractivity contribution in [2.75, 3.05) is 30.5 Å². The van der Waals surface area contributed by atoms with Crippen LogP contribution < -0.4 is 11.1 Å². The van der Waals surface area contributed by atoms with Crippen molar-refractivity contribution in [1.82, 2.24) is 4.37 Å². The Hall–Kier alpha value is -0.460. The van der Waals surface area contributed by atoms with Crippen LogP contribution in [0.3, 0.4) is 0 Å². The summed E-state index contributed by atoms with van der Waals surface area (Å²) >= 11 is 2.95. The molecule has 0 amide bonds. The standard InChI is InChI=1S/C8H15N3OS2/c1-5(4-12)3-10-8-6(13-2)7(9)11-14-8/h5,10,12H,3-4H2,1-2H3,(H2,9,11). The van der Waals surface area contributed by atoms with E-state index in [0.717, 1.165) is 16.4 Å². The first-order valence-corrected chi connectivity index (χ1v) is 6.32. The first-order valence-electron chi connectivity index (χ1n) is 4.32. The van der Waals surface area contributed by atoms with Crippen molar-refractivity contribution in [3.05, 3.63) is 0 Å². The molecule has 1 unspecified atom stereocenters. The van der Waals surface area contributed by atoms with Crippen LogP contribution in [0.5, 0.6) is 0 Å². The van der Waals surface area contributed by atoms with Crippen LogP contribution in [0, 0.1) is 5.92 Å². The summed E-state index contributed by atoms with van der Waals surface area (Å²) in [6, 6.07) is 0. The quantitative estimate of drug-likeness (QED) is 0.672. The van der Waals surface area contributed by atoms with Crippen molar-refractivity contribution >= 4 is 34.1 Å². The highest BCUT2D eigenvalue weighted by atomic mass is 32.2. The fourth-order valence-corrected chi connectivity index (χ4v) is 2.48. The number of hydrogen-bond donors (Lipinski definition) is 3. The van der Waals surface area contributed by atoms with Gasteiger partial charge in [-0.15, -0.1) is 11.8 Å². The van der Waals surface area contributed by atoms with Gasteiger partial charge in [-0.2, -0.15) is 4.37 Å². The zero-order chi connectivity index (χ0) is 10.6. The third-order valence-electron chi connectivity index (χ3n) is 1.80. The van der Waals surface area contributed by atoms with E-state index >= 15 is 0 Å². The molecule has 80 valence electrons. The molecule has 0 radical (unpaired) electrons. The first kappa shape index (κ1) is 11.6. The molecule has 0 aliphatic carbocycles. The predicted octanol–water partition coefficient (Wildman–Crippen LogP) is 1.49. The number of nitrogens with zero attached hydrogens (tertiary/aromatic N) is 1. The van der Waals surface area contributed by atoms with Crippen LogP contribution >= 0.6 is 23.3 Å². The lowest BCUT2D eigenvalue weighted by Gasteiger charge is -2.09. The molecule has 1 heterocycles. The Bertz CT molecular complexity index is 290. The van der Waals surface area contributed by atoms with Crippen molar-refractivity contribution in [3.8, 4) is 0 Å². The number of anilines is 2. The highest BCUT2D eigenvalue weighted by molar-refractivity contribution is 7.99. The minimum absolute atomic E-state index is 0.190. The minimum Gasteiger partial charge on any atom is -0.396 e. The summed E-state index contributed by atoms with van der Waals surface area (Å²) in [5.74, 6) is 0.828. The molecule has 6 heteroatoms. The molecule has 0 saturated carbocycles. The summed E-state index contributed by atoms with van der Waals surface area (Å²) in [7, 11) is 0. The Kier molecular flexibility index (Phi) is 4.50. The van der Waals surface area contributed by atoms with E-state index in [1.54, 1.807) is 11.8 Å². The SMILES string of the molecule is CSc1c(N)nsc1NCC(C)CO. The van der Waals surface area contributed by atoms with E-state index in [1.165, 1.54) is 11.5 Å². The Morgan fingerprint density at radius 3 is 3.00 bits per heavy atom. The van der Waals surface area contributed by atoms with Gasteiger partial charge < -0.3 is 16.2 Å². The van der Waals surface area contributed by atoms with Crippen molar-refractivity contribution in [1.29, 1.82) is 0 Å². The van der Waals surface area contributed by atoms with E-state index in [4.69, 9.17) is 10.8 Å². The summed E-state index contributed by atoms with van der Waals surface area (Å²) in [4.78, 5) is 1.00. The largest absolute Gasteiger partial charge is 0.396 e. The van der Waals surface area contributed by atoms with Gasteiger partial charge >= 0.3 is 0 Å². The maximum atomic E-state index is 8.86. The van der Waals surface area contributed by atoms with Crippen LogP contribution in [-0.4, -0.2) is 28.9 Å². The minimum atomic E-state index is 0.190. The van der Waals surface area contributed by atoms with Crippen LogP contribution in [0.4, 0.5) is 10.8 Å². The molecule has 1 atom stereocenters. The second-order valence-corrected chi connectivity index (χ2v) is 4.69. The van der Waals surface area contributed by atoms with E-state index in [-0.39, 0.29) is 12.5 Å². The van der Waals surface area contributed by atoms with Crippen molar-refractivity contribution in [3.63, 3.8) is 0 Å². The van der Waals surface area contributed by atoms with Gasteiger partial charge in [0.1, 0.15) is 5.00 Å². The molecular formula is C8H15N3OS2. The topological polar surface area (TPSA) is 71.2 Å². The molecule has 0 aliphatic rings. The van der Waals surface area contributed by atoms with Crippen LogP contribution in [0.15, 0.2) is 4.90 Å². The molecule has 1 aromatic rings. The molecule has 4 N–H and O–H groups in total. The molecule has 1 rings (SSSR count). The van der Waals surface area contributed by atoms with Gasteiger partial charge in [0.25, 0.3) is 0 Å². The lowest BCUT2D eigenvalue weighted by Crippen LogP contribution is -2.14. The average Bonchev–Trinajstić information content (AvgIpc) is 2.55. The van der Waals surface area contributed by atoms with Gasteiger partial charge in [0.05, 0.1) is 4.90 Å². The van der Waals surface area contributed by atoms with Gasteiger partial charge in [-0.3, -0.25) is 0 Å². The van der Waals surface area contributed by atoms with E-state index in [2.05, 4.69) is 9.69 Å². The van der Waals surface area contributed by atoms with Crippen LogP contribution in [0.2, 0.25) is 0 Å². The van der Waals surface area contributed by atoms with E-state index < -0.39 is 0 Å². The number of thioether (sulfide) groups is 1. The van der Waals surface area contributed by atoms with Crippen molar-refractivity contribution < 1.29 is 5.11 Å². The number of nitrogens with one attached hydrogen (secondary N) is 1. The molecule has 0 bridgehead atoms. The zero-order valence-electron chi connectivity index (χ0n) is 8.28. The first-order chi connectivity index (χ1) is 6.69. The van der Waals surface area contributed by atoms with Crippen LogP contribution in [0.1, 0.15) is 6.92 Å². The van der Waals surface area contributed by atoms with Gasteiger partial charge in [0, 0.05) is 13.2 Å². The van der Waals surface area contributed by atoms with Gasteiger partial charge in [0.2, 0.25) is 0 Å². The Balaban J connectivity index is 2.58. The number of aliphatic hydroxyl groups is 1. The molecule has 0 fully saturated rings. The zero-order valence-corrected chi connectivity index (χ0v) is 9.91. The van der Waals surface area contributed by atoms with Gasteiger partial charge in [-0.25, -0.2) is 0 Å². The summed E-state index contributed by atoms with van der Waals surface area (Å²) in [5, 5.41) is 13.1. The second kappa shape index (κ2) is 5.43. The van der Waals surface area contributed by atoms with Gasteiger partial charge in [0.15, 0.2) is 5.82 Å². The van der Waals surface area contributed by atoms with Crippen LogP contribution in [-0.2, 0) is 0 Å². The van der Waals surface area contributed by atoms with Crippen LogP contribution in [0.25, 0.3) is 0 Å². The third-order valence-corrected chi connectivity index (χ3v) is 3.57. The predicted molar refractivity (Wildman–Crippen MR) is 63.0 cm³/mol. The highest BCUT2D eigenvalue weighted by Gasteiger charge is 2.10. The van der Waals surface area contributed by atoms with E-state index in [9.17, 15) is 0 Å². The van der Waals surface area contributed by atoms with Gasteiger partial charge in [-0.05, 0) is 23.7 Å². The Morgan fingerprint density at radius 1 is 1.71 bits per heavy atom. The molecule has 4 nitrogen and oxygen atoms in total. The number of nitrogen functional groups attached to an aromatic ring is 1. The molecule has 0 aliphatic heterocycles. The smallest absolute Gasteiger partial charge is 0.153 e. The molecule has 0 saturated heterocycles. The number of aliphatic hydroxyl groups excluding tert-OH is 1. The molecule has 14 heavy (non-hydrogen) atoms. The Morgan fingerprint density at radius 2 is 2.43 bits per heavy atom. The average molecular weight is 233 g/mol. The maximum Gasteiger partial charge on any atom is 0.153 e. The number of hydrogen-bond acceptors (Lipinski definition) is 6. The summed E-state index contributed by atoms with van der Waals surface area (Å²) in [6.07, 6.45) is 1.97. The maximum absolute atomic E-state index is 8.86. The monoisotopic (exact) mass is 233 g/mol. The normalized spacial score (nSPS) is 12.8. The fraction of sp³-hybridized carbons (Fsp3) is 0.625. The molecule has 0 aromatic carbocycles. The third kappa shape index (κ3) is 2.76. The number of aromatic nitrogens is 1. The lowest BCUT2D eigenvalue weighted by molar-refractivity contribution is 0.244. The van der Waals surface area contributed by atoms with Gasteiger partial charge in [-0.1, -0.05) is 6.92 Å². The van der Waals surface area contributed by atoms with E-state index in [0.29, 0.717) is 5.82 Å². The van der Waals surface area contributed by atoms with Crippen molar-refractivity contribution in [2.45, 2.75) is 11.8 Å². The molecule has 1 aromatic heterocycles. The fourth-order valence-electron chi connectivity index (χ4n) is 0.935. The van der Waals surface area contributed by atoms with Crippen molar-refractivity contribution in [2.24, 2.45) is 5.92 Å². The number of nitrogens with two attached hydrogens (primary N) is 1. The van der Waals surface area contributed by atoms with E-state index in [1.807, 2.05) is 13.2 Å². The second-order valence-electron chi connectivity index (χ2n) is 3.10.